The molecule has 1 amide bonds. The summed E-state index contributed by atoms with van der Waals surface area (Å²) < 4.78 is 26.6. The number of aryl methyl sites for hydroxylation is 1. The minimum Gasteiger partial charge on any atom is -0.463 e. The van der Waals surface area contributed by atoms with Crippen LogP contribution >= 0.6 is 0 Å². The van der Waals surface area contributed by atoms with Gasteiger partial charge in [0.05, 0.1) is 18.7 Å². The van der Waals surface area contributed by atoms with Crippen molar-refractivity contribution in [3.05, 3.63) is 53.1 Å². The minimum atomic E-state index is -0.492. The second-order valence-corrected chi connectivity index (χ2v) is 9.19. The number of fused-ring (bicyclic) bond motifs is 1. The van der Waals surface area contributed by atoms with Gasteiger partial charge in [-0.2, -0.15) is 5.10 Å². The zero-order valence-electron chi connectivity index (χ0n) is 21.1. The maximum Gasteiger partial charge on any atom is 0.310 e. The van der Waals surface area contributed by atoms with Crippen LogP contribution in [-0.2, 0) is 27.1 Å². The fraction of sp³-hybridized carbons (Fsp3) is 0.481. The first-order chi connectivity index (χ1) is 17.4. The Balaban J connectivity index is 1.59. The molecule has 1 unspecified atom stereocenters. The largest absolute Gasteiger partial charge is 0.463 e. The van der Waals surface area contributed by atoms with Crippen molar-refractivity contribution < 1.29 is 23.5 Å². The smallest absolute Gasteiger partial charge is 0.310 e. The molecule has 1 aliphatic heterocycles. The van der Waals surface area contributed by atoms with Crippen LogP contribution in [0.4, 0.5) is 4.39 Å². The minimum absolute atomic E-state index is 0.0337. The van der Waals surface area contributed by atoms with Gasteiger partial charge in [-0.3, -0.25) is 9.59 Å². The molecule has 1 fully saturated rings. The van der Waals surface area contributed by atoms with Crippen molar-refractivity contribution in [1.29, 1.82) is 0 Å². The van der Waals surface area contributed by atoms with Crippen LogP contribution in [0.1, 0.15) is 61.3 Å². The van der Waals surface area contributed by atoms with Gasteiger partial charge < -0.3 is 14.4 Å². The first kappa shape index (κ1) is 25.8. The number of ether oxygens (including phenoxy) is 2. The summed E-state index contributed by atoms with van der Waals surface area (Å²) in [6.07, 6.45) is 4.85. The van der Waals surface area contributed by atoms with E-state index in [0.29, 0.717) is 41.2 Å². The summed E-state index contributed by atoms with van der Waals surface area (Å²) in [6, 6.07) is 8.27. The van der Waals surface area contributed by atoms with Gasteiger partial charge in [0.25, 0.3) is 5.91 Å². The van der Waals surface area contributed by atoms with E-state index in [0.717, 1.165) is 37.9 Å². The molecule has 0 spiro atoms. The maximum absolute atomic E-state index is 15.0. The Kier molecular flexibility index (Phi) is 8.30. The van der Waals surface area contributed by atoms with Crippen LogP contribution in [0.15, 0.2) is 30.3 Å². The highest BCUT2D eigenvalue weighted by Crippen LogP contribution is 2.26. The predicted molar refractivity (Wildman–Crippen MR) is 133 cm³/mol. The van der Waals surface area contributed by atoms with E-state index in [1.54, 1.807) is 28.8 Å². The van der Waals surface area contributed by atoms with E-state index in [-0.39, 0.29) is 25.0 Å². The third kappa shape index (κ3) is 5.73. The summed E-state index contributed by atoms with van der Waals surface area (Å²) in [5.74, 6) is -1.01. The highest BCUT2D eigenvalue weighted by Gasteiger charge is 2.25. The molecule has 2 aromatic heterocycles. The molecule has 192 valence electrons. The molecule has 9 heteroatoms. The van der Waals surface area contributed by atoms with Crippen LogP contribution in [0.5, 0.6) is 0 Å². The Bertz CT molecular complexity index is 1240. The lowest BCUT2D eigenvalue weighted by Gasteiger charge is -2.27. The van der Waals surface area contributed by atoms with Gasteiger partial charge in [-0.05, 0) is 49.9 Å². The number of aromatic nitrogens is 3. The van der Waals surface area contributed by atoms with E-state index >= 15 is 4.39 Å². The highest BCUT2D eigenvalue weighted by molar-refractivity contribution is 5.93. The molecule has 0 N–H and O–H groups in total. The Morgan fingerprint density at radius 3 is 2.72 bits per heavy atom. The molecular formula is C27H33FN4O4. The second kappa shape index (κ2) is 11.6. The first-order valence-electron chi connectivity index (χ1n) is 12.5. The van der Waals surface area contributed by atoms with Crippen LogP contribution in [0.25, 0.3) is 16.9 Å². The van der Waals surface area contributed by atoms with Gasteiger partial charge >= 0.3 is 5.97 Å². The normalized spacial score (nSPS) is 16.2. The van der Waals surface area contributed by atoms with Gasteiger partial charge in [0.1, 0.15) is 18.1 Å². The van der Waals surface area contributed by atoms with Crippen LogP contribution in [-0.4, -0.2) is 64.3 Å². The SMILES string of the molecule is CCc1cc(C(=O)N2CCCCCC2C)nc2cc(-c3ccc(CC(=O)OCCOC)cc3F)nn12. The first-order valence-corrected chi connectivity index (χ1v) is 12.5. The number of hydrogen-bond acceptors (Lipinski definition) is 6. The van der Waals surface area contributed by atoms with Crippen molar-refractivity contribution in [3.8, 4) is 11.3 Å². The van der Waals surface area contributed by atoms with Gasteiger partial charge in [0, 0.05) is 37.0 Å². The number of likely N-dealkylation sites (tertiary alicyclic amines) is 1. The molecule has 1 atom stereocenters. The maximum atomic E-state index is 15.0. The molecule has 8 nitrogen and oxygen atoms in total. The van der Waals surface area contributed by atoms with Gasteiger partial charge in [0.15, 0.2) is 5.65 Å². The van der Waals surface area contributed by atoms with Gasteiger partial charge in [-0.15, -0.1) is 0 Å². The number of hydrogen-bond donors (Lipinski definition) is 0. The summed E-state index contributed by atoms with van der Waals surface area (Å²) in [7, 11) is 1.52. The van der Waals surface area contributed by atoms with Crippen LogP contribution in [0.2, 0.25) is 0 Å². The third-order valence-corrected chi connectivity index (χ3v) is 6.60. The van der Waals surface area contributed by atoms with E-state index in [9.17, 15) is 9.59 Å². The van der Waals surface area contributed by atoms with Crippen LogP contribution in [0, 0.1) is 5.82 Å². The molecule has 1 saturated heterocycles. The molecule has 0 radical (unpaired) electrons. The number of methoxy groups -OCH3 is 1. The molecule has 0 aliphatic carbocycles. The predicted octanol–water partition coefficient (Wildman–Crippen LogP) is 4.23. The number of halogens is 1. The average molecular weight is 497 g/mol. The monoisotopic (exact) mass is 496 g/mol. The molecule has 1 aliphatic rings. The Morgan fingerprint density at radius 1 is 1.14 bits per heavy atom. The second-order valence-electron chi connectivity index (χ2n) is 9.19. The van der Waals surface area contributed by atoms with Crippen molar-refractivity contribution >= 4 is 17.5 Å². The Labute approximate surface area is 210 Å². The van der Waals surface area contributed by atoms with Crippen molar-refractivity contribution in [2.45, 2.75) is 58.4 Å². The lowest BCUT2D eigenvalue weighted by Crippen LogP contribution is -2.38. The molecule has 36 heavy (non-hydrogen) atoms. The number of nitrogens with zero attached hydrogens (tertiary/aromatic N) is 4. The van der Waals surface area contributed by atoms with E-state index in [4.69, 9.17) is 9.47 Å². The van der Waals surface area contributed by atoms with Crippen molar-refractivity contribution in [2.24, 2.45) is 0 Å². The lowest BCUT2D eigenvalue weighted by molar-refractivity contribution is -0.144. The summed E-state index contributed by atoms with van der Waals surface area (Å²) in [5, 5.41) is 4.58. The standard InChI is InChI=1S/C27H33FN4O4/c1-4-20-16-24(27(34)31-11-7-5-6-8-18(31)2)29-25-17-23(30-32(20)25)21-10-9-19(14-22(21)28)15-26(33)36-13-12-35-3/h9-10,14,16-18H,4-8,11-13,15H2,1-3H3. The van der Waals surface area contributed by atoms with Crippen molar-refractivity contribution in [1.82, 2.24) is 19.5 Å². The molecule has 3 aromatic rings. The number of benzene rings is 1. The van der Waals surface area contributed by atoms with E-state index < -0.39 is 11.8 Å². The molecule has 0 bridgehead atoms. The number of carbonyl (C=O) groups is 2. The van der Waals surface area contributed by atoms with Gasteiger partial charge in [-0.25, -0.2) is 13.9 Å². The quantitative estimate of drug-likeness (QED) is 0.343. The molecule has 4 rings (SSSR count). The summed E-state index contributed by atoms with van der Waals surface area (Å²) >= 11 is 0. The van der Waals surface area contributed by atoms with Crippen LogP contribution < -0.4 is 0 Å². The zero-order chi connectivity index (χ0) is 25.7. The molecule has 0 saturated carbocycles. The molecular weight excluding hydrogens is 463 g/mol. The Hall–Kier alpha value is -3.33. The number of amides is 1. The third-order valence-electron chi connectivity index (χ3n) is 6.60. The van der Waals surface area contributed by atoms with E-state index in [2.05, 4.69) is 17.0 Å². The highest BCUT2D eigenvalue weighted by atomic mass is 19.1. The summed E-state index contributed by atoms with van der Waals surface area (Å²) in [4.78, 5) is 31.8. The Morgan fingerprint density at radius 2 is 1.97 bits per heavy atom. The topological polar surface area (TPSA) is 86.0 Å². The fourth-order valence-corrected chi connectivity index (χ4v) is 4.59. The molecule has 1 aromatic carbocycles. The number of rotatable bonds is 8. The summed E-state index contributed by atoms with van der Waals surface area (Å²) in [5.41, 5.74) is 2.94. The number of carbonyl (C=O) groups excluding carboxylic acids is 2. The average Bonchev–Trinajstić information content (AvgIpc) is 3.17. The van der Waals surface area contributed by atoms with Gasteiger partial charge in [-0.1, -0.05) is 25.8 Å². The lowest BCUT2D eigenvalue weighted by atomic mass is 10.1. The number of esters is 1. The van der Waals surface area contributed by atoms with Crippen molar-refractivity contribution in [3.63, 3.8) is 0 Å². The van der Waals surface area contributed by atoms with Gasteiger partial charge in [0.2, 0.25) is 0 Å². The molecule has 3 heterocycles. The van der Waals surface area contributed by atoms with E-state index in [1.807, 2.05) is 11.8 Å². The summed E-state index contributed by atoms with van der Waals surface area (Å²) in [6.45, 7) is 5.28. The van der Waals surface area contributed by atoms with Crippen molar-refractivity contribution in [2.75, 3.05) is 26.9 Å². The van der Waals surface area contributed by atoms with Crippen LogP contribution in [0.3, 0.4) is 0 Å². The zero-order valence-corrected chi connectivity index (χ0v) is 21.1. The van der Waals surface area contributed by atoms with E-state index in [1.165, 1.54) is 13.2 Å². The fourth-order valence-electron chi connectivity index (χ4n) is 4.59.